The lowest BCUT2D eigenvalue weighted by molar-refractivity contribution is 0.0352. The number of fused-ring (bicyclic) bond motifs is 2. The highest BCUT2D eigenvalue weighted by molar-refractivity contribution is 6.31. The fourth-order valence-corrected chi connectivity index (χ4v) is 4.43. The number of morpholine rings is 1. The summed E-state index contributed by atoms with van der Waals surface area (Å²) in [4.78, 5) is 30.6. The molecule has 156 valence electrons. The van der Waals surface area contributed by atoms with Gasteiger partial charge in [0.15, 0.2) is 5.43 Å². The normalized spacial score (nSPS) is 19.6. The third kappa shape index (κ3) is 3.33. The molecule has 1 atom stereocenters. The third-order valence-corrected chi connectivity index (χ3v) is 5.95. The minimum Gasteiger partial charge on any atom is -0.467 e. The highest BCUT2D eigenvalue weighted by Crippen LogP contribution is 2.38. The van der Waals surface area contributed by atoms with E-state index < -0.39 is 6.04 Å². The number of amides is 1. The van der Waals surface area contributed by atoms with Crippen molar-refractivity contribution in [2.75, 3.05) is 39.4 Å². The Morgan fingerprint density at radius 2 is 1.93 bits per heavy atom. The Balaban J connectivity index is 1.50. The van der Waals surface area contributed by atoms with Crippen LogP contribution in [0.25, 0.3) is 11.0 Å². The van der Waals surface area contributed by atoms with Crippen molar-refractivity contribution in [3.05, 3.63) is 68.9 Å². The Hall–Kier alpha value is -2.61. The summed E-state index contributed by atoms with van der Waals surface area (Å²) in [6.45, 7) is 4.59. The number of carbonyl (C=O) groups excluding carboxylic acids is 1. The molecular weight excluding hydrogens is 408 g/mol. The maximum Gasteiger partial charge on any atom is 0.291 e. The van der Waals surface area contributed by atoms with E-state index in [2.05, 4.69) is 4.90 Å². The molecule has 4 heterocycles. The highest BCUT2D eigenvalue weighted by atomic mass is 35.5. The largest absolute Gasteiger partial charge is 0.467 e. The molecule has 30 heavy (non-hydrogen) atoms. The number of benzene rings is 1. The first-order valence-corrected chi connectivity index (χ1v) is 10.4. The highest BCUT2D eigenvalue weighted by Gasteiger charge is 2.43. The lowest BCUT2D eigenvalue weighted by atomic mass is 10.0. The van der Waals surface area contributed by atoms with Gasteiger partial charge in [0.1, 0.15) is 17.4 Å². The van der Waals surface area contributed by atoms with Crippen LogP contribution in [0.4, 0.5) is 0 Å². The van der Waals surface area contributed by atoms with Crippen LogP contribution in [0.1, 0.15) is 34.3 Å². The van der Waals surface area contributed by atoms with Gasteiger partial charge in [-0.1, -0.05) is 11.6 Å². The Morgan fingerprint density at radius 1 is 1.10 bits per heavy atom. The van der Waals surface area contributed by atoms with E-state index >= 15 is 0 Å². The van der Waals surface area contributed by atoms with Crippen molar-refractivity contribution in [2.45, 2.75) is 12.5 Å². The van der Waals surface area contributed by atoms with Gasteiger partial charge in [-0.2, -0.15) is 0 Å². The SMILES string of the molecule is O=C1c2oc3ccc(Cl)cc3c(=O)c2[C@H](c2ccco2)N1CCCN1CCOCC1. The molecule has 0 spiro atoms. The number of hydrogen-bond acceptors (Lipinski definition) is 6. The van der Waals surface area contributed by atoms with Crippen LogP contribution in [0, 0.1) is 0 Å². The maximum atomic E-state index is 13.3. The summed E-state index contributed by atoms with van der Waals surface area (Å²) in [5, 5.41) is 0.803. The Bertz CT molecular complexity index is 1130. The minimum atomic E-state index is -0.605. The second-order valence-corrected chi connectivity index (χ2v) is 7.97. The van der Waals surface area contributed by atoms with Crippen LogP contribution < -0.4 is 5.43 Å². The second-order valence-electron chi connectivity index (χ2n) is 7.54. The van der Waals surface area contributed by atoms with Crippen molar-refractivity contribution in [2.24, 2.45) is 0 Å². The standard InChI is InChI=1S/C22H21ClN2O5/c23-14-4-5-16-15(13-14)20(26)18-19(17-3-1-10-29-17)25(22(27)21(18)30-16)7-2-6-24-8-11-28-12-9-24/h1,3-5,10,13,19H,2,6-9,11-12H2/t19-/m0/s1. The van der Waals surface area contributed by atoms with Crippen LogP contribution in [0.2, 0.25) is 5.02 Å². The van der Waals surface area contributed by atoms with Crippen molar-refractivity contribution < 1.29 is 18.4 Å². The number of halogens is 1. The first kappa shape index (κ1) is 19.4. The summed E-state index contributed by atoms with van der Waals surface area (Å²) < 4.78 is 16.9. The van der Waals surface area contributed by atoms with Gasteiger partial charge in [-0.15, -0.1) is 0 Å². The van der Waals surface area contributed by atoms with Crippen molar-refractivity contribution in [3.8, 4) is 0 Å². The van der Waals surface area contributed by atoms with E-state index in [9.17, 15) is 9.59 Å². The number of carbonyl (C=O) groups is 1. The van der Waals surface area contributed by atoms with Crippen molar-refractivity contribution in [3.63, 3.8) is 0 Å². The third-order valence-electron chi connectivity index (χ3n) is 5.72. The van der Waals surface area contributed by atoms with Crippen LogP contribution in [0.5, 0.6) is 0 Å². The zero-order valence-corrected chi connectivity index (χ0v) is 17.1. The first-order valence-electron chi connectivity index (χ1n) is 10.0. The van der Waals surface area contributed by atoms with Crippen LogP contribution in [-0.2, 0) is 4.74 Å². The van der Waals surface area contributed by atoms with Gasteiger partial charge in [-0.3, -0.25) is 14.5 Å². The second kappa shape index (κ2) is 7.91. The maximum absolute atomic E-state index is 13.3. The minimum absolute atomic E-state index is 0.0857. The molecule has 0 N–H and O–H groups in total. The van der Waals surface area contributed by atoms with Crippen LogP contribution in [0.3, 0.4) is 0 Å². The summed E-state index contributed by atoms with van der Waals surface area (Å²) >= 11 is 6.09. The van der Waals surface area contributed by atoms with Crippen molar-refractivity contribution >= 4 is 28.5 Å². The van der Waals surface area contributed by atoms with E-state index in [1.54, 1.807) is 41.5 Å². The topological polar surface area (TPSA) is 76.1 Å². The van der Waals surface area contributed by atoms with Gasteiger partial charge < -0.3 is 18.5 Å². The Morgan fingerprint density at radius 3 is 2.70 bits per heavy atom. The van der Waals surface area contributed by atoms with E-state index in [1.807, 2.05) is 0 Å². The predicted octanol–water partition coefficient (Wildman–Crippen LogP) is 3.31. The number of hydrogen-bond donors (Lipinski definition) is 0. The molecule has 0 radical (unpaired) electrons. The molecule has 1 fully saturated rings. The van der Waals surface area contributed by atoms with Crippen molar-refractivity contribution in [1.29, 1.82) is 0 Å². The summed E-state index contributed by atoms with van der Waals surface area (Å²) in [7, 11) is 0. The number of nitrogens with zero attached hydrogens (tertiary/aromatic N) is 2. The lowest BCUT2D eigenvalue weighted by Gasteiger charge is -2.28. The number of rotatable bonds is 5. The Kier molecular flexibility index (Phi) is 5.10. The molecule has 5 rings (SSSR count). The quantitative estimate of drug-likeness (QED) is 0.620. The fourth-order valence-electron chi connectivity index (χ4n) is 4.26. The number of ether oxygens (including phenoxy) is 1. The molecule has 0 bridgehead atoms. The van der Waals surface area contributed by atoms with Gasteiger partial charge in [0.05, 0.1) is 30.4 Å². The van der Waals surface area contributed by atoms with Gasteiger partial charge in [0, 0.05) is 31.2 Å². The molecule has 8 heteroatoms. The molecule has 0 aliphatic carbocycles. The van der Waals surface area contributed by atoms with Gasteiger partial charge in [-0.25, -0.2) is 0 Å². The molecule has 1 amide bonds. The van der Waals surface area contributed by atoms with Gasteiger partial charge in [0.25, 0.3) is 5.91 Å². The fraction of sp³-hybridized carbons (Fsp3) is 0.364. The van der Waals surface area contributed by atoms with E-state index in [4.69, 9.17) is 25.2 Å². The molecule has 3 aromatic rings. The molecule has 2 aliphatic heterocycles. The monoisotopic (exact) mass is 428 g/mol. The van der Waals surface area contributed by atoms with E-state index in [0.717, 1.165) is 39.3 Å². The van der Waals surface area contributed by atoms with Crippen LogP contribution >= 0.6 is 11.6 Å². The lowest BCUT2D eigenvalue weighted by Crippen LogP contribution is -2.38. The molecular formula is C22H21ClN2O5. The van der Waals surface area contributed by atoms with Gasteiger partial charge in [0.2, 0.25) is 5.76 Å². The van der Waals surface area contributed by atoms with Crippen molar-refractivity contribution in [1.82, 2.24) is 9.80 Å². The van der Waals surface area contributed by atoms with Crippen LogP contribution in [0.15, 0.2) is 50.2 Å². The summed E-state index contributed by atoms with van der Waals surface area (Å²) in [5.41, 5.74) is 0.417. The smallest absolute Gasteiger partial charge is 0.291 e. The summed E-state index contributed by atoms with van der Waals surface area (Å²) in [6, 6.07) is 7.77. The zero-order chi connectivity index (χ0) is 20.7. The van der Waals surface area contributed by atoms with E-state index in [0.29, 0.717) is 33.9 Å². The molecule has 1 aromatic carbocycles. The molecule has 2 aromatic heterocycles. The average Bonchev–Trinajstić information content (AvgIpc) is 3.37. The molecule has 0 unspecified atom stereocenters. The zero-order valence-electron chi connectivity index (χ0n) is 16.3. The first-order chi connectivity index (χ1) is 14.6. The molecule has 1 saturated heterocycles. The summed E-state index contributed by atoms with van der Waals surface area (Å²) in [6.07, 6.45) is 2.32. The van der Waals surface area contributed by atoms with E-state index in [-0.39, 0.29) is 17.1 Å². The van der Waals surface area contributed by atoms with Gasteiger partial charge in [-0.05, 0) is 36.8 Å². The predicted molar refractivity (Wildman–Crippen MR) is 111 cm³/mol. The molecule has 2 aliphatic rings. The number of furan rings is 1. The Labute approximate surface area is 177 Å². The van der Waals surface area contributed by atoms with Crippen LogP contribution in [-0.4, -0.2) is 55.1 Å². The van der Waals surface area contributed by atoms with E-state index in [1.165, 1.54) is 0 Å². The average molecular weight is 429 g/mol. The molecule has 0 saturated carbocycles. The van der Waals surface area contributed by atoms with Gasteiger partial charge >= 0.3 is 0 Å². The molecule has 7 nitrogen and oxygen atoms in total. The summed E-state index contributed by atoms with van der Waals surface area (Å²) in [5.74, 6) is 0.340.